The Labute approximate surface area is 381 Å². The zero-order valence-corrected chi connectivity index (χ0v) is 37.9. The predicted octanol–water partition coefficient (Wildman–Crippen LogP) is 1.14. The number of imide groups is 1. The van der Waals surface area contributed by atoms with Gasteiger partial charge in [0.25, 0.3) is 23.3 Å². The Balaban J connectivity index is 0.968. The van der Waals surface area contributed by atoms with Gasteiger partial charge in [0.2, 0.25) is 17.7 Å². The SMILES string of the molecule is Cn1cc2c3c(c(C(=O)NCCNC(=O)CCN)[nH]c3c1=O)CN(CC1CC1)c1cc(C(=O)NCCOCCCc3cccc4c3CN(C3CCC(=O)NC3=O)C4=O)c(CS(C)(=O)=O)cc1-2. The third kappa shape index (κ3) is 9.90. The van der Waals surface area contributed by atoms with Gasteiger partial charge in [-0.1, -0.05) is 12.1 Å². The number of rotatable bonds is 19. The average Bonchev–Trinajstić information content (AvgIpc) is 3.94. The van der Waals surface area contributed by atoms with Crippen molar-refractivity contribution in [3.8, 4) is 11.1 Å². The van der Waals surface area contributed by atoms with Gasteiger partial charge >= 0.3 is 0 Å². The van der Waals surface area contributed by atoms with Gasteiger partial charge in [-0.05, 0) is 72.9 Å². The Hall–Kier alpha value is -6.38. The van der Waals surface area contributed by atoms with Crippen molar-refractivity contribution in [1.29, 1.82) is 0 Å². The van der Waals surface area contributed by atoms with E-state index in [1.165, 1.54) is 9.47 Å². The fraction of sp³-hybridized carbons (Fsp3) is 0.457. The van der Waals surface area contributed by atoms with Crippen LogP contribution in [0.1, 0.15) is 92.0 Å². The smallest absolute Gasteiger partial charge is 0.274 e. The van der Waals surface area contributed by atoms with Crippen LogP contribution in [0.25, 0.3) is 22.0 Å². The zero-order chi connectivity index (χ0) is 46.9. The van der Waals surface area contributed by atoms with Gasteiger partial charge < -0.3 is 45.8 Å². The van der Waals surface area contributed by atoms with Crippen molar-refractivity contribution in [3.63, 3.8) is 0 Å². The number of sulfone groups is 1. The number of nitrogens with one attached hydrogen (secondary N) is 5. The number of hydrogen-bond donors (Lipinski definition) is 6. The molecule has 2 aromatic heterocycles. The van der Waals surface area contributed by atoms with Gasteiger partial charge in [-0.3, -0.25) is 38.9 Å². The number of ether oxygens (including phenoxy) is 1. The van der Waals surface area contributed by atoms with Crippen LogP contribution in [-0.4, -0.2) is 117 Å². The van der Waals surface area contributed by atoms with E-state index in [1.807, 2.05) is 12.1 Å². The van der Waals surface area contributed by atoms with E-state index in [0.717, 1.165) is 30.2 Å². The fourth-order valence-corrected chi connectivity index (χ4v) is 9.99. The van der Waals surface area contributed by atoms with E-state index in [-0.39, 0.29) is 111 Å². The van der Waals surface area contributed by atoms with Crippen LogP contribution in [0.4, 0.5) is 5.69 Å². The van der Waals surface area contributed by atoms with Crippen LogP contribution in [0.3, 0.4) is 0 Å². The highest BCUT2D eigenvalue weighted by Crippen LogP contribution is 2.45. The number of piperidine rings is 1. The first-order valence-corrected chi connectivity index (χ1v) is 24.4. The average molecular weight is 926 g/mol. The van der Waals surface area contributed by atoms with Crippen molar-refractivity contribution >= 4 is 61.9 Å². The number of nitrogens with zero attached hydrogens (tertiary/aromatic N) is 3. The van der Waals surface area contributed by atoms with E-state index in [4.69, 9.17) is 10.5 Å². The number of benzene rings is 2. The number of hydrogen-bond acceptors (Lipinski definition) is 12. The first kappa shape index (κ1) is 46.2. The summed E-state index contributed by atoms with van der Waals surface area (Å²) >= 11 is 0. The predicted molar refractivity (Wildman–Crippen MR) is 244 cm³/mol. The molecule has 1 saturated heterocycles. The summed E-state index contributed by atoms with van der Waals surface area (Å²) in [4.78, 5) is 97.6. The molecule has 7 N–H and O–H groups in total. The van der Waals surface area contributed by atoms with Gasteiger partial charge in [0.05, 0.1) is 12.4 Å². The Morgan fingerprint density at radius 2 is 1.67 bits per heavy atom. The number of amides is 6. The number of carbonyl (C=O) groups is 6. The first-order chi connectivity index (χ1) is 31.6. The number of aromatic nitrogens is 2. The first-order valence-electron chi connectivity index (χ1n) is 22.3. The van der Waals surface area contributed by atoms with Crippen molar-refractivity contribution < 1.29 is 41.9 Å². The maximum absolute atomic E-state index is 14.1. The number of aromatic amines is 1. The molecule has 1 aliphatic carbocycles. The van der Waals surface area contributed by atoms with Crippen LogP contribution in [0.5, 0.6) is 0 Å². The molecule has 19 nitrogen and oxygen atoms in total. The molecule has 0 spiro atoms. The van der Waals surface area contributed by atoms with Gasteiger partial charge in [0, 0.05) is 124 Å². The largest absolute Gasteiger partial charge is 0.380 e. The summed E-state index contributed by atoms with van der Waals surface area (Å²) in [5, 5.41) is 11.3. The molecule has 4 aliphatic rings. The van der Waals surface area contributed by atoms with Gasteiger partial charge in [-0.15, -0.1) is 0 Å². The third-order valence-corrected chi connectivity index (χ3v) is 13.4. The summed E-state index contributed by atoms with van der Waals surface area (Å²) in [6.45, 7) is 2.29. The molecule has 0 bridgehead atoms. The molecule has 6 amide bonds. The van der Waals surface area contributed by atoms with Gasteiger partial charge in [0.1, 0.15) is 17.3 Å². The number of carbonyl (C=O) groups excluding carboxylic acids is 6. The second-order valence-electron chi connectivity index (χ2n) is 17.6. The normalized spacial score (nSPS) is 16.8. The van der Waals surface area contributed by atoms with Crippen molar-refractivity contribution in [2.45, 2.75) is 69.8 Å². The summed E-state index contributed by atoms with van der Waals surface area (Å²) in [5.41, 5.74) is 10.9. The Bertz CT molecular complexity index is 2810. The van der Waals surface area contributed by atoms with E-state index >= 15 is 0 Å². The van der Waals surface area contributed by atoms with Crippen LogP contribution in [-0.2, 0) is 61.3 Å². The summed E-state index contributed by atoms with van der Waals surface area (Å²) in [7, 11) is -2.04. The molecule has 1 atom stereocenters. The van der Waals surface area contributed by atoms with Crippen LogP contribution < -0.4 is 37.5 Å². The lowest BCUT2D eigenvalue weighted by Gasteiger charge is -2.29. The number of pyridine rings is 1. The molecule has 20 heteroatoms. The monoisotopic (exact) mass is 925 g/mol. The summed E-state index contributed by atoms with van der Waals surface area (Å²) < 4.78 is 33.1. The Morgan fingerprint density at radius 3 is 2.41 bits per heavy atom. The number of anilines is 1. The molecule has 66 heavy (non-hydrogen) atoms. The summed E-state index contributed by atoms with van der Waals surface area (Å²) in [5.74, 6) is -2.27. The maximum atomic E-state index is 14.1. The van der Waals surface area contributed by atoms with E-state index in [2.05, 4.69) is 31.2 Å². The lowest BCUT2D eigenvalue weighted by molar-refractivity contribution is -0.137. The number of nitrogens with two attached hydrogens (primary N) is 1. The van der Waals surface area contributed by atoms with Crippen LogP contribution in [0.2, 0.25) is 0 Å². The zero-order valence-electron chi connectivity index (χ0n) is 37.0. The molecule has 1 saturated carbocycles. The lowest BCUT2D eigenvalue weighted by Crippen LogP contribution is -2.52. The molecule has 1 unspecified atom stereocenters. The topological polar surface area (TPSA) is 264 Å². The van der Waals surface area contributed by atoms with E-state index in [9.17, 15) is 42.0 Å². The van der Waals surface area contributed by atoms with Gasteiger partial charge in [-0.2, -0.15) is 0 Å². The minimum Gasteiger partial charge on any atom is -0.380 e. The third-order valence-electron chi connectivity index (χ3n) is 12.5. The highest BCUT2D eigenvalue weighted by Gasteiger charge is 2.40. The lowest BCUT2D eigenvalue weighted by atomic mass is 9.95. The highest BCUT2D eigenvalue weighted by molar-refractivity contribution is 7.89. The molecule has 8 rings (SSSR count). The maximum Gasteiger partial charge on any atom is 0.274 e. The van der Waals surface area contributed by atoms with Crippen molar-refractivity contribution in [2.75, 3.05) is 57.1 Å². The van der Waals surface area contributed by atoms with Crippen molar-refractivity contribution in [3.05, 3.63) is 86.0 Å². The minimum absolute atomic E-state index is 0.131. The van der Waals surface area contributed by atoms with Crippen LogP contribution >= 0.6 is 0 Å². The molecular formula is C46H55N9O10S. The van der Waals surface area contributed by atoms with Crippen molar-refractivity contribution in [1.82, 2.24) is 35.7 Å². The standard InChI is InChI=1S/C46H55N9O10S/c1-53-22-33-31-19-28(25-66(2,63)64)30(42(58)50-16-18-65-17-4-6-27-5-3-7-29-32(27)24-55(45(29)61)35-10-11-38(57)51-43(35)59)20-36(31)54(21-26-8-9-26)23-34-39(33)41(46(53)62)52-40(34)44(60)49-15-14-48-37(56)12-13-47/h3,5,7,19-20,22,26,35,52H,4,6,8-18,21,23-25,47H2,1-2H3,(H,48,56)(H,49,60)(H,50,58)(H,51,57,59). The number of H-pyrrole nitrogens is 1. The van der Waals surface area contributed by atoms with Gasteiger partial charge in [-0.25, -0.2) is 8.42 Å². The van der Waals surface area contributed by atoms with E-state index in [1.54, 1.807) is 31.4 Å². The summed E-state index contributed by atoms with van der Waals surface area (Å²) in [6, 6.07) is 8.25. The number of aryl methyl sites for hydroxylation is 2. The molecule has 5 heterocycles. The van der Waals surface area contributed by atoms with Crippen molar-refractivity contribution in [2.24, 2.45) is 18.7 Å². The fourth-order valence-electron chi connectivity index (χ4n) is 9.19. The molecule has 3 aliphatic heterocycles. The molecular weight excluding hydrogens is 871 g/mol. The molecule has 2 aromatic carbocycles. The highest BCUT2D eigenvalue weighted by atomic mass is 32.2. The molecule has 4 aromatic rings. The number of fused-ring (bicyclic) bond motifs is 3. The van der Waals surface area contributed by atoms with Gasteiger partial charge in [0.15, 0.2) is 9.84 Å². The molecule has 0 radical (unpaired) electrons. The van der Waals surface area contributed by atoms with E-state index < -0.39 is 39.4 Å². The Morgan fingerprint density at radius 1 is 0.894 bits per heavy atom. The minimum atomic E-state index is -3.64. The molecule has 2 fully saturated rings. The second kappa shape index (κ2) is 19.2. The van der Waals surface area contributed by atoms with E-state index in [0.29, 0.717) is 65.2 Å². The van der Waals surface area contributed by atoms with Crippen LogP contribution in [0.15, 0.2) is 41.3 Å². The van der Waals surface area contributed by atoms with Crippen LogP contribution in [0, 0.1) is 5.92 Å². The quantitative estimate of drug-likeness (QED) is 0.0572. The Kier molecular flexibility index (Phi) is 13.4. The molecule has 350 valence electrons. The second-order valence-corrected chi connectivity index (χ2v) is 19.7. The summed E-state index contributed by atoms with van der Waals surface area (Å²) in [6.07, 6.45) is 6.64.